The first kappa shape index (κ1) is 12.0. The van der Waals surface area contributed by atoms with Crippen LogP contribution in [0.25, 0.3) is 0 Å². The number of carbonyl (C=O) groups excluding carboxylic acids is 2. The van der Waals surface area contributed by atoms with Gasteiger partial charge in [0.05, 0.1) is 0 Å². The number of hydrogen-bond donors (Lipinski definition) is 2. The van der Waals surface area contributed by atoms with E-state index in [0.29, 0.717) is 12.6 Å². The summed E-state index contributed by atoms with van der Waals surface area (Å²) >= 11 is 0. The van der Waals surface area contributed by atoms with Gasteiger partial charge in [-0.05, 0) is 19.3 Å². The second-order valence-electron chi connectivity index (χ2n) is 4.08. The first-order chi connectivity index (χ1) is 7.22. The average molecular weight is 212 g/mol. The average Bonchev–Trinajstić information content (AvgIpc) is 2.96. The normalized spacial score (nSPS) is 14.7. The standard InChI is InChI=1S/C11H20N2O2/c1-2-3-4-7-12-10(14)8-11(15)13-9-5-6-9/h9H,2-8H2,1H3,(H,12,14)(H,13,15). The Bertz CT molecular complexity index is 225. The van der Waals surface area contributed by atoms with Gasteiger partial charge in [-0.2, -0.15) is 0 Å². The lowest BCUT2D eigenvalue weighted by Crippen LogP contribution is -2.33. The monoisotopic (exact) mass is 212 g/mol. The zero-order chi connectivity index (χ0) is 11.1. The Morgan fingerprint density at radius 3 is 2.53 bits per heavy atom. The Hall–Kier alpha value is -1.06. The number of carbonyl (C=O) groups is 2. The lowest BCUT2D eigenvalue weighted by molar-refractivity contribution is -0.129. The van der Waals surface area contributed by atoms with Crippen molar-refractivity contribution in [3.63, 3.8) is 0 Å². The molecule has 1 aliphatic rings. The molecule has 2 amide bonds. The van der Waals surface area contributed by atoms with Crippen LogP contribution in [-0.2, 0) is 9.59 Å². The Balaban J connectivity index is 1.98. The summed E-state index contributed by atoms with van der Waals surface area (Å²) in [6.07, 6.45) is 5.34. The summed E-state index contributed by atoms with van der Waals surface area (Å²) in [5.74, 6) is -0.310. The van der Waals surface area contributed by atoms with Gasteiger partial charge in [-0.3, -0.25) is 9.59 Å². The van der Waals surface area contributed by atoms with Gasteiger partial charge in [-0.1, -0.05) is 19.8 Å². The van der Waals surface area contributed by atoms with Crippen molar-refractivity contribution in [2.75, 3.05) is 6.54 Å². The molecule has 1 fully saturated rings. The second kappa shape index (κ2) is 6.43. The molecule has 4 nitrogen and oxygen atoms in total. The third-order valence-corrected chi connectivity index (χ3v) is 2.37. The molecule has 0 aliphatic heterocycles. The van der Waals surface area contributed by atoms with Crippen LogP contribution in [0.3, 0.4) is 0 Å². The minimum absolute atomic E-state index is 0.0252. The smallest absolute Gasteiger partial charge is 0.229 e. The van der Waals surface area contributed by atoms with E-state index in [1.165, 1.54) is 0 Å². The molecule has 0 radical (unpaired) electrons. The van der Waals surface area contributed by atoms with Crippen molar-refractivity contribution in [2.45, 2.75) is 51.5 Å². The number of nitrogens with one attached hydrogen (secondary N) is 2. The van der Waals surface area contributed by atoms with Crippen molar-refractivity contribution in [1.29, 1.82) is 0 Å². The van der Waals surface area contributed by atoms with Gasteiger partial charge in [0.1, 0.15) is 6.42 Å². The lowest BCUT2D eigenvalue weighted by Gasteiger charge is -2.05. The quantitative estimate of drug-likeness (QED) is 0.488. The molecule has 0 saturated heterocycles. The molecule has 1 aliphatic carbocycles. The predicted molar refractivity (Wildman–Crippen MR) is 58.3 cm³/mol. The fourth-order valence-electron chi connectivity index (χ4n) is 1.32. The summed E-state index contributed by atoms with van der Waals surface area (Å²) in [4.78, 5) is 22.5. The zero-order valence-electron chi connectivity index (χ0n) is 9.34. The summed E-state index contributed by atoms with van der Waals surface area (Å²) < 4.78 is 0. The van der Waals surface area contributed by atoms with Crippen LogP contribution in [0.2, 0.25) is 0 Å². The predicted octanol–water partition coefficient (Wildman–Crippen LogP) is 0.961. The van der Waals surface area contributed by atoms with Crippen LogP contribution in [0.4, 0.5) is 0 Å². The van der Waals surface area contributed by atoms with E-state index in [1.807, 2.05) is 0 Å². The van der Waals surface area contributed by atoms with E-state index in [2.05, 4.69) is 17.6 Å². The Kier molecular flexibility index (Phi) is 5.15. The SMILES string of the molecule is CCCCCNC(=O)CC(=O)NC1CC1. The summed E-state index contributed by atoms with van der Waals surface area (Å²) in [6.45, 7) is 2.80. The van der Waals surface area contributed by atoms with E-state index < -0.39 is 0 Å². The molecule has 0 aromatic carbocycles. The topological polar surface area (TPSA) is 58.2 Å². The number of rotatable bonds is 7. The van der Waals surface area contributed by atoms with Gasteiger partial charge in [-0.25, -0.2) is 0 Å². The highest BCUT2D eigenvalue weighted by atomic mass is 16.2. The minimum Gasteiger partial charge on any atom is -0.356 e. The molecule has 1 saturated carbocycles. The summed E-state index contributed by atoms with van der Waals surface area (Å²) in [7, 11) is 0. The highest BCUT2D eigenvalue weighted by Gasteiger charge is 2.23. The molecule has 1 rings (SSSR count). The number of amides is 2. The molecule has 2 N–H and O–H groups in total. The van der Waals surface area contributed by atoms with Crippen LogP contribution in [0.15, 0.2) is 0 Å². The first-order valence-electron chi connectivity index (χ1n) is 5.78. The van der Waals surface area contributed by atoms with Crippen molar-refractivity contribution in [3.8, 4) is 0 Å². The van der Waals surface area contributed by atoms with Crippen LogP contribution < -0.4 is 10.6 Å². The van der Waals surface area contributed by atoms with E-state index in [-0.39, 0.29) is 18.2 Å². The Labute approximate surface area is 90.8 Å². The van der Waals surface area contributed by atoms with Crippen molar-refractivity contribution in [2.24, 2.45) is 0 Å². The summed E-state index contributed by atoms with van der Waals surface area (Å²) in [5, 5.41) is 5.53. The van der Waals surface area contributed by atoms with Crippen molar-refractivity contribution in [1.82, 2.24) is 10.6 Å². The van der Waals surface area contributed by atoms with Crippen molar-refractivity contribution >= 4 is 11.8 Å². The molecule has 4 heteroatoms. The number of unbranched alkanes of at least 4 members (excludes halogenated alkanes) is 2. The van der Waals surface area contributed by atoms with Crippen molar-refractivity contribution < 1.29 is 9.59 Å². The second-order valence-corrected chi connectivity index (χ2v) is 4.08. The van der Waals surface area contributed by atoms with Gasteiger partial charge in [0.25, 0.3) is 0 Å². The van der Waals surface area contributed by atoms with Gasteiger partial charge in [0.2, 0.25) is 11.8 Å². The Morgan fingerprint density at radius 2 is 1.93 bits per heavy atom. The fourth-order valence-corrected chi connectivity index (χ4v) is 1.32. The van der Waals surface area contributed by atoms with E-state index in [0.717, 1.165) is 32.1 Å². The number of hydrogen-bond acceptors (Lipinski definition) is 2. The maximum atomic E-state index is 11.2. The van der Waals surface area contributed by atoms with Gasteiger partial charge < -0.3 is 10.6 Å². The molecule has 0 aromatic heterocycles. The zero-order valence-corrected chi connectivity index (χ0v) is 9.34. The van der Waals surface area contributed by atoms with E-state index >= 15 is 0 Å². The molecule has 0 heterocycles. The van der Waals surface area contributed by atoms with Crippen LogP contribution in [0, 0.1) is 0 Å². The van der Waals surface area contributed by atoms with Gasteiger partial charge in [-0.15, -0.1) is 0 Å². The molecule has 86 valence electrons. The van der Waals surface area contributed by atoms with E-state index in [1.54, 1.807) is 0 Å². The van der Waals surface area contributed by atoms with Crippen LogP contribution in [-0.4, -0.2) is 24.4 Å². The Morgan fingerprint density at radius 1 is 1.20 bits per heavy atom. The molecule has 0 spiro atoms. The molecule has 0 aromatic rings. The molecule has 0 atom stereocenters. The summed E-state index contributed by atoms with van der Waals surface area (Å²) in [6, 6.07) is 0.338. The largest absolute Gasteiger partial charge is 0.356 e. The maximum Gasteiger partial charge on any atom is 0.229 e. The highest BCUT2D eigenvalue weighted by Crippen LogP contribution is 2.18. The van der Waals surface area contributed by atoms with Crippen molar-refractivity contribution in [3.05, 3.63) is 0 Å². The molecule has 15 heavy (non-hydrogen) atoms. The van der Waals surface area contributed by atoms with Crippen LogP contribution in [0.1, 0.15) is 45.4 Å². The molecule has 0 bridgehead atoms. The molecule has 0 unspecified atom stereocenters. The highest BCUT2D eigenvalue weighted by molar-refractivity contribution is 5.97. The van der Waals surface area contributed by atoms with Gasteiger partial charge in [0, 0.05) is 12.6 Å². The third-order valence-electron chi connectivity index (χ3n) is 2.37. The maximum absolute atomic E-state index is 11.2. The molecular formula is C11H20N2O2. The fraction of sp³-hybridized carbons (Fsp3) is 0.818. The van der Waals surface area contributed by atoms with E-state index in [4.69, 9.17) is 0 Å². The minimum atomic E-state index is -0.163. The van der Waals surface area contributed by atoms with E-state index in [9.17, 15) is 9.59 Å². The van der Waals surface area contributed by atoms with Gasteiger partial charge >= 0.3 is 0 Å². The third kappa shape index (κ3) is 6.10. The van der Waals surface area contributed by atoms with Crippen LogP contribution >= 0.6 is 0 Å². The van der Waals surface area contributed by atoms with Crippen LogP contribution in [0.5, 0.6) is 0 Å². The molecular weight excluding hydrogens is 192 g/mol. The van der Waals surface area contributed by atoms with Gasteiger partial charge in [0.15, 0.2) is 0 Å². The first-order valence-corrected chi connectivity index (χ1v) is 5.78. The lowest BCUT2D eigenvalue weighted by atomic mass is 10.2. The summed E-state index contributed by atoms with van der Waals surface area (Å²) in [5.41, 5.74) is 0.